The van der Waals surface area contributed by atoms with Gasteiger partial charge in [-0.05, 0) is 34.1 Å². The molecular weight excluding hydrogens is 240 g/mol. The van der Waals surface area contributed by atoms with Gasteiger partial charge < -0.3 is 15.3 Å². The highest BCUT2D eigenvalue weighted by atomic mass is 16.3. The first kappa shape index (κ1) is 15.7. The zero-order chi connectivity index (χ0) is 14.5. The van der Waals surface area contributed by atoms with Crippen molar-refractivity contribution in [3.63, 3.8) is 0 Å². The standard InChI is InChI=1S/C14H26N4O/c1-6-8-15-13-16-9-11(3)12(17-13)18(7-2)10-14(4,5)19/h9,19H,6-8,10H2,1-5H3,(H,15,16,17). The Morgan fingerprint density at radius 2 is 2.05 bits per heavy atom. The first-order valence-electron chi connectivity index (χ1n) is 6.92. The van der Waals surface area contributed by atoms with Gasteiger partial charge in [0.15, 0.2) is 0 Å². The summed E-state index contributed by atoms with van der Waals surface area (Å²) in [5.74, 6) is 1.54. The van der Waals surface area contributed by atoms with E-state index in [-0.39, 0.29) is 0 Å². The maximum absolute atomic E-state index is 9.98. The molecule has 2 N–H and O–H groups in total. The van der Waals surface area contributed by atoms with Crippen molar-refractivity contribution < 1.29 is 5.11 Å². The lowest BCUT2D eigenvalue weighted by molar-refractivity contribution is 0.0874. The second-order valence-corrected chi connectivity index (χ2v) is 5.45. The summed E-state index contributed by atoms with van der Waals surface area (Å²) in [6.07, 6.45) is 2.86. The third kappa shape index (κ3) is 5.03. The first-order chi connectivity index (χ1) is 8.87. The second-order valence-electron chi connectivity index (χ2n) is 5.45. The van der Waals surface area contributed by atoms with E-state index in [9.17, 15) is 5.11 Å². The van der Waals surface area contributed by atoms with Gasteiger partial charge in [-0.3, -0.25) is 0 Å². The van der Waals surface area contributed by atoms with E-state index < -0.39 is 5.60 Å². The number of rotatable bonds is 7. The average molecular weight is 266 g/mol. The Hall–Kier alpha value is -1.36. The van der Waals surface area contributed by atoms with Crippen molar-refractivity contribution in [2.75, 3.05) is 29.9 Å². The summed E-state index contributed by atoms with van der Waals surface area (Å²) in [6, 6.07) is 0. The van der Waals surface area contributed by atoms with E-state index in [0.29, 0.717) is 12.5 Å². The molecule has 1 rings (SSSR count). The molecule has 108 valence electrons. The number of nitrogens with one attached hydrogen (secondary N) is 1. The molecule has 19 heavy (non-hydrogen) atoms. The monoisotopic (exact) mass is 266 g/mol. The molecule has 0 saturated heterocycles. The molecule has 0 bridgehead atoms. The molecule has 0 unspecified atom stereocenters. The SMILES string of the molecule is CCCNc1ncc(C)c(N(CC)CC(C)(C)O)n1. The smallest absolute Gasteiger partial charge is 0.224 e. The van der Waals surface area contributed by atoms with Crippen LogP contribution in [0, 0.1) is 6.92 Å². The number of hydrogen-bond acceptors (Lipinski definition) is 5. The Morgan fingerprint density at radius 1 is 1.37 bits per heavy atom. The quantitative estimate of drug-likeness (QED) is 0.792. The van der Waals surface area contributed by atoms with Crippen LogP contribution in [0.1, 0.15) is 39.7 Å². The Kier molecular flexibility index (Phi) is 5.54. The topological polar surface area (TPSA) is 61.3 Å². The Balaban J connectivity index is 2.95. The minimum absolute atomic E-state index is 0.550. The molecule has 0 saturated carbocycles. The summed E-state index contributed by atoms with van der Waals surface area (Å²) in [5, 5.41) is 13.2. The number of aryl methyl sites for hydroxylation is 1. The molecule has 1 heterocycles. The molecule has 5 heteroatoms. The van der Waals surface area contributed by atoms with Gasteiger partial charge in [-0.15, -0.1) is 0 Å². The van der Waals surface area contributed by atoms with Crippen LogP contribution in [-0.2, 0) is 0 Å². The van der Waals surface area contributed by atoms with Gasteiger partial charge in [0.25, 0.3) is 0 Å². The Labute approximate surface area is 116 Å². The minimum atomic E-state index is -0.746. The molecule has 0 aromatic carbocycles. The van der Waals surface area contributed by atoms with Crippen molar-refractivity contribution in [3.8, 4) is 0 Å². The molecule has 1 aromatic heterocycles. The van der Waals surface area contributed by atoms with Crippen molar-refractivity contribution >= 4 is 11.8 Å². The van der Waals surface area contributed by atoms with Crippen molar-refractivity contribution in [2.45, 2.75) is 46.6 Å². The van der Waals surface area contributed by atoms with E-state index >= 15 is 0 Å². The number of hydrogen-bond donors (Lipinski definition) is 2. The highest BCUT2D eigenvalue weighted by molar-refractivity contribution is 5.49. The zero-order valence-corrected chi connectivity index (χ0v) is 12.7. The van der Waals surface area contributed by atoms with Crippen LogP contribution in [0.3, 0.4) is 0 Å². The lowest BCUT2D eigenvalue weighted by atomic mass is 10.1. The molecule has 0 fully saturated rings. The number of aromatic nitrogens is 2. The summed E-state index contributed by atoms with van der Waals surface area (Å²) in [5.41, 5.74) is 0.276. The van der Waals surface area contributed by atoms with Gasteiger partial charge in [-0.1, -0.05) is 6.92 Å². The van der Waals surface area contributed by atoms with E-state index in [2.05, 4.69) is 34.0 Å². The third-order valence-electron chi connectivity index (χ3n) is 2.74. The average Bonchev–Trinajstić information content (AvgIpc) is 2.34. The summed E-state index contributed by atoms with van der Waals surface area (Å²) in [7, 11) is 0. The van der Waals surface area contributed by atoms with Gasteiger partial charge in [0.2, 0.25) is 5.95 Å². The maximum Gasteiger partial charge on any atom is 0.224 e. The van der Waals surface area contributed by atoms with Gasteiger partial charge in [-0.25, -0.2) is 4.98 Å². The lowest BCUT2D eigenvalue weighted by Gasteiger charge is -2.30. The predicted octanol–water partition coefficient (Wildman–Crippen LogP) is 2.20. The van der Waals surface area contributed by atoms with E-state index in [0.717, 1.165) is 30.9 Å². The largest absolute Gasteiger partial charge is 0.389 e. The predicted molar refractivity (Wildman–Crippen MR) is 79.7 cm³/mol. The van der Waals surface area contributed by atoms with Crippen LogP contribution < -0.4 is 10.2 Å². The van der Waals surface area contributed by atoms with E-state index in [4.69, 9.17) is 0 Å². The molecule has 0 amide bonds. The summed E-state index contributed by atoms with van der Waals surface area (Å²) in [6.45, 7) is 12.0. The van der Waals surface area contributed by atoms with Crippen LogP contribution in [0.25, 0.3) is 0 Å². The highest BCUT2D eigenvalue weighted by Crippen LogP contribution is 2.20. The summed E-state index contributed by atoms with van der Waals surface area (Å²) >= 11 is 0. The fraction of sp³-hybridized carbons (Fsp3) is 0.714. The molecule has 0 atom stereocenters. The Morgan fingerprint density at radius 3 is 2.58 bits per heavy atom. The molecule has 1 aromatic rings. The summed E-state index contributed by atoms with van der Waals surface area (Å²) < 4.78 is 0. The lowest BCUT2D eigenvalue weighted by Crippen LogP contribution is -2.39. The van der Waals surface area contributed by atoms with Crippen LogP contribution >= 0.6 is 0 Å². The minimum Gasteiger partial charge on any atom is -0.389 e. The molecule has 0 spiro atoms. The third-order valence-corrected chi connectivity index (χ3v) is 2.74. The molecule has 0 aliphatic carbocycles. The molecule has 0 aliphatic rings. The van der Waals surface area contributed by atoms with Crippen molar-refractivity contribution in [1.29, 1.82) is 0 Å². The van der Waals surface area contributed by atoms with Crippen LogP contribution in [0.15, 0.2) is 6.20 Å². The van der Waals surface area contributed by atoms with Crippen molar-refractivity contribution in [1.82, 2.24) is 9.97 Å². The molecule has 0 radical (unpaired) electrons. The van der Waals surface area contributed by atoms with Crippen LogP contribution in [0.2, 0.25) is 0 Å². The number of anilines is 2. The van der Waals surface area contributed by atoms with E-state index in [1.165, 1.54) is 0 Å². The maximum atomic E-state index is 9.98. The highest BCUT2D eigenvalue weighted by Gasteiger charge is 2.20. The van der Waals surface area contributed by atoms with Gasteiger partial charge in [-0.2, -0.15) is 4.98 Å². The van der Waals surface area contributed by atoms with Gasteiger partial charge in [0.05, 0.1) is 5.60 Å². The van der Waals surface area contributed by atoms with Crippen molar-refractivity contribution in [2.24, 2.45) is 0 Å². The number of likely N-dealkylation sites (N-methyl/N-ethyl adjacent to an activating group) is 1. The summed E-state index contributed by atoms with van der Waals surface area (Å²) in [4.78, 5) is 10.9. The van der Waals surface area contributed by atoms with Crippen LogP contribution in [0.5, 0.6) is 0 Å². The van der Waals surface area contributed by atoms with Gasteiger partial charge >= 0.3 is 0 Å². The normalized spacial score (nSPS) is 11.5. The van der Waals surface area contributed by atoms with Gasteiger partial charge in [0.1, 0.15) is 5.82 Å². The van der Waals surface area contributed by atoms with Crippen LogP contribution in [0.4, 0.5) is 11.8 Å². The fourth-order valence-electron chi connectivity index (χ4n) is 1.88. The Bertz CT molecular complexity index is 401. The fourth-order valence-corrected chi connectivity index (χ4v) is 1.88. The first-order valence-corrected chi connectivity index (χ1v) is 6.92. The molecular formula is C14H26N4O. The van der Waals surface area contributed by atoms with Crippen LogP contribution in [-0.4, -0.2) is 40.3 Å². The second kappa shape index (κ2) is 6.70. The molecule has 0 aliphatic heterocycles. The van der Waals surface area contributed by atoms with E-state index in [1.807, 2.05) is 27.0 Å². The number of aliphatic hydroxyl groups is 1. The zero-order valence-electron chi connectivity index (χ0n) is 12.7. The van der Waals surface area contributed by atoms with Crippen molar-refractivity contribution in [3.05, 3.63) is 11.8 Å². The van der Waals surface area contributed by atoms with Gasteiger partial charge in [0, 0.05) is 31.4 Å². The number of nitrogens with zero attached hydrogens (tertiary/aromatic N) is 3. The van der Waals surface area contributed by atoms with E-state index in [1.54, 1.807) is 0 Å². The molecule has 5 nitrogen and oxygen atoms in total.